The van der Waals surface area contributed by atoms with Crippen LogP contribution in [-0.4, -0.2) is 40.6 Å². The van der Waals surface area contributed by atoms with Gasteiger partial charge in [0.1, 0.15) is 12.2 Å². The van der Waals surface area contributed by atoms with Gasteiger partial charge in [-0.3, -0.25) is 4.68 Å². The first-order valence-electron chi connectivity index (χ1n) is 7.91. The van der Waals surface area contributed by atoms with E-state index in [1.165, 1.54) is 0 Å². The van der Waals surface area contributed by atoms with E-state index in [1.807, 2.05) is 4.68 Å². The highest BCUT2D eigenvalue weighted by Crippen LogP contribution is 2.37. The lowest BCUT2D eigenvalue weighted by atomic mass is 9.78. The number of nitrogens with one attached hydrogen (secondary N) is 1. The van der Waals surface area contributed by atoms with Crippen molar-refractivity contribution in [1.82, 2.24) is 20.1 Å². The van der Waals surface area contributed by atoms with Crippen LogP contribution in [-0.2, 0) is 17.7 Å². The highest BCUT2D eigenvalue weighted by Gasteiger charge is 2.42. The van der Waals surface area contributed by atoms with E-state index < -0.39 is 0 Å². The van der Waals surface area contributed by atoms with Gasteiger partial charge in [-0.25, -0.2) is 4.98 Å². The van der Waals surface area contributed by atoms with Gasteiger partial charge < -0.3 is 10.1 Å². The van der Waals surface area contributed by atoms with Crippen LogP contribution < -0.4 is 5.32 Å². The van der Waals surface area contributed by atoms with Crippen molar-refractivity contribution in [2.45, 2.75) is 59.1 Å². The topological polar surface area (TPSA) is 52.0 Å². The number of nitrogens with zero attached hydrogens (tertiary/aromatic N) is 3. The highest BCUT2D eigenvalue weighted by atomic mass is 16.5. The minimum absolute atomic E-state index is 0.160. The van der Waals surface area contributed by atoms with Crippen molar-refractivity contribution in [2.24, 2.45) is 5.41 Å². The molecule has 114 valence electrons. The molecule has 1 aliphatic rings. The van der Waals surface area contributed by atoms with Gasteiger partial charge in [0, 0.05) is 31.5 Å². The summed E-state index contributed by atoms with van der Waals surface area (Å²) < 4.78 is 7.90. The van der Waals surface area contributed by atoms with Crippen molar-refractivity contribution >= 4 is 0 Å². The quantitative estimate of drug-likeness (QED) is 0.740. The molecule has 5 heteroatoms. The second-order valence-corrected chi connectivity index (χ2v) is 5.88. The molecule has 2 heterocycles. The van der Waals surface area contributed by atoms with E-state index in [9.17, 15) is 0 Å². The summed E-state index contributed by atoms with van der Waals surface area (Å²) >= 11 is 0. The Morgan fingerprint density at radius 3 is 2.95 bits per heavy atom. The van der Waals surface area contributed by atoms with Crippen LogP contribution in [0.25, 0.3) is 0 Å². The van der Waals surface area contributed by atoms with Gasteiger partial charge in [-0.1, -0.05) is 13.8 Å². The van der Waals surface area contributed by atoms with E-state index >= 15 is 0 Å². The number of hydrogen-bond acceptors (Lipinski definition) is 4. The molecular weight excluding hydrogens is 252 g/mol. The molecule has 0 aromatic carbocycles. The Hall–Kier alpha value is -0.940. The molecule has 0 amide bonds. The molecule has 1 saturated heterocycles. The molecule has 2 unspecified atom stereocenters. The summed E-state index contributed by atoms with van der Waals surface area (Å²) in [5.41, 5.74) is 0.160. The van der Waals surface area contributed by atoms with Crippen molar-refractivity contribution in [3.05, 3.63) is 12.2 Å². The predicted molar refractivity (Wildman–Crippen MR) is 79.6 cm³/mol. The Morgan fingerprint density at radius 1 is 1.45 bits per heavy atom. The third-order valence-electron chi connectivity index (χ3n) is 4.38. The van der Waals surface area contributed by atoms with Gasteiger partial charge in [0.25, 0.3) is 0 Å². The Bertz CT molecular complexity index is 406. The molecule has 2 rings (SSSR count). The fourth-order valence-electron chi connectivity index (χ4n) is 3.00. The SMILES string of the molecule is CCCNCC1(Cc2ncnn2CCC)CCOC1C. The number of rotatable bonds is 8. The van der Waals surface area contributed by atoms with Crippen LogP contribution in [0.4, 0.5) is 0 Å². The van der Waals surface area contributed by atoms with Gasteiger partial charge in [-0.15, -0.1) is 0 Å². The normalized spacial score (nSPS) is 26.2. The average Bonchev–Trinajstić information content (AvgIpc) is 3.00. The second-order valence-electron chi connectivity index (χ2n) is 5.88. The molecule has 0 spiro atoms. The standard InChI is InChI=1S/C15H28N4O/c1-4-7-16-11-15(6-9-20-13(15)3)10-14-17-12-18-19(14)8-5-2/h12-13,16H,4-11H2,1-3H3. The van der Waals surface area contributed by atoms with Gasteiger partial charge in [0.05, 0.1) is 6.10 Å². The summed E-state index contributed by atoms with van der Waals surface area (Å²) in [4.78, 5) is 4.47. The zero-order valence-corrected chi connectivity index (χ0v) is 13.1. The smallest absolute Gasteiger partial charge is 0.138 e. The second kappa shape index (κ2) is 7.18. The van der Waals surface area contributed by atoms with E-state index in [0.717, 1.165) is 57.7 Å². The van der Waals surface area contributed by atoms with Gasteiger partial charge in [0.2, 0.25) is 0 Å². The molecule has 1 fully saturated rings. The first-order chi connectivity index (χ1) is 9.72. The largest absolute Gasteiger partial charge is 0.378 e. The lowest BCUT2D eigenvalue weighted by Gasteiger charge is -2.32. The van der Waals surface area contributed by atoms with Gasteiger partial charge in [-0.2, -0.15) is 5.10 Å². The molecule has 5 nitrogen and oxygen atoms in total. The van der Waals surface area contributed by atoms with Gasteiger partial charge >= 0.3 is 0 Å². The van der Waals surface area contributed by atoms with Crippen molar-refractivity contribution < 1.29 is 4.74 Å². The number of aryl methyl sites for hydroxylation is 1. The van der Waals surface area contributed by atoms with Crippen molar-refractivity contribution in [1.29, 1.82) is 0 Å². The molecular formula is C15H28N4O. The zero-order chi connectivity index (χ0) is 14.4. The van der Waals surface area contributed by atoms with Crippen LogP contribution in [0.1, 0.15) is 45.9 Å². The van der Waals surface area contributed by atoms with Gasteiger partial charge in [0.15, 0.2) is 0 Å². The summed E-state index contributed by atoms with van der Waals surface area (Å²) in [6.07, 6.45) is 6.26. The minimum Gasteiger partial charge on any atom is -0.378 e. The van der Waals surface area contributed by atoms with E-state index in [4.69, 9.17) is 4.74 Å². The lowest BCUT2D eigenvalue weighted by Crippen LogP contribution is -2.42. The molecule has 1 aromatic rings. The molecule has 0 bridgehead atoms. The first-order valence-corrected chi connectivity index (χ1v) is 7.91. The average molecular weight is 280 g/mol. The van der Waals surface area contributed by atoms with Crippen molar-refractivity contribution in [2.75, 3.05) is 19.7 Å². The van der Waals surface area contributed by atoms with Crippen LogP contribution in [0.5, 0.6) is 0 Å². The van der Waals surface area contributed by atoms with Crippen LogP contribution in [0.15, 0.2) is 6.33 Å². The summed E-state index contributed by atoms with van der Waals surface area (Å²) in [7, 11) is 0. The first kappa shape index (κ1) is 15.4. The molecule has 1 aromatic heterocycles. The molecule has 0 radical (unpaired) electrons. The highest BCUT2D eigenvalue weighted by molar-refractivity contribution is 5.00. The molecule has 0 saturated carbocycles. The number of hydrogen-bond donors (Lipinski definition) is 1. The summed E-state index contributed by atoms with van der Waals surface area (Å²) in [5.74, 6) is 1.10. The van der Waals surface area contributed by atoms with Crippen LogP contribution in [0.2, 0.25) is 0 Å². The third-order valence-corrected chi connectivity index (χ3v) is 4.38. The van der Waals surface area contributed by atoms with E-state index in [1.54, 1.807) is 6.33 Å². The molecule has 20 heavy (non-hydrogen) atoms. The predicted octanol–water partition coefficient (Wildman–Crippen LogP) is 2.03. The summed E-state index contributed by atoms with van der Waals surface area (Å²) in [5, 5.41) is 7.92. The van der Waals surface area contributed by atoms with Crippen molar-refractivity contribution in [3.8, 4) is 0 Å². The number of ether oxygens (including phenoxy) is 1. The Kier molecular flexibility index (Phi) is 5.54. The summed E-state index contributed by atoms with van der Waals surface area (Å²) in [6, 6.07) is 0. The maximum Gasteiger partial charge on any atom is 0.138 e. The Balaban J connectivity index is 2.09. The van der Waals surface area contributed by atoms with E-state index in [2.05, 4.69) is 36.2 Å². The zero-order valence-electron chi connectivity index (χ0n) is 13.1. The molecule has 1 N–H and O–H groups in total. The lowest BCUT2D eigenvalue weighted by molar-refractivity contribution is 0.0615. The van der Waals surface area contributed by atoms with Crippen molar-refractivity contribution in [3.63, 3.8) is 0 Å². The molecule has 1 aliphatic heterocycles. The Morgan fingerprint density at radius 2 is 2.30 bits per heavy atom. The third kappa shape index (κ3) is 3.38. The van der Waals surface area contributed by atoms with Crippen LogP contribution in [0.3, 0.4) is 0 Å². The molecule has 2 atom stereocenters. The molecule has 0 aliphatic carbocycles. The maximum atomic E-state index is 5.85. The number of aromatic nitrogens is 3. The Labute approximate surface area is 122 Å². The van der Waals surface area contributed by atoms with Gasteiger partial charge in [-0.05, 0) is 32.7 Å². The summed E-state index contributed by atoms with van der Waals surface area (Å²) in [6.45, 7) is 10.4. The minimum atomic E-state index is 0.160. The van der Waals surface area contributed by atoms with E-state index in [-0.39, 0.29) is 11.5 Å². The fourth-order valence-corrected chi connectivity index (χ4v) is 3.00. The van der Waals surface area contributed by atoms with E-state index in [0.29, 0.717) is 0 Å². The fraction of sp³-hybridized carbons (Fsp3) is 0.867. The monoisotopic (exact) mass is 280 g/mol. The van der Waals surface area contributed by atoms with Crippen LogP contribution in [0, 0.1) is 5.41 Å². The van der Waals surface area contributed by atoms with Crippen LogP contribution >= 0.6 is 0 Å². The maximum absolute atomic E-state index is 5.85.